The van der Waals surface area contributed by atoms with Crippen LogP contribution < -0.4 is 0 Å². The third-order valence-electron chi connectivity index (χ3n) is 2.47. The van der Waals surface area contributed by atoms with Gasteiger partial charge >= 0.3 is 11.9 Å². The largest absolute Gasteiger partial charge is 0.481 e. The molecule has 1 N–H and O–H groups in total. The van der Waals surface area contributed by atoms with Gasteiger partial charge in [0, 0.05) is 6.42 Å². The van der Waals surface area contributed by atoms with Gasteiger partial charge in [-0.05, 0) is 31.0 Å². The lowest BCUT2D eigenvalue weighted by atomic mass is 9.94. The molecule has 0 bridgehead atoms. The van der Waals surface area contributed by atoms with Crippen LogP contribution in [0.4, 0.5) is 4.39 Å². The summed E-state index contributed by atoms with van der Waals surface area (Å²) < 4.78 is 18.0. The minimum absolute atomic E-state index is 0.0949. The highest BCUT2D eigenvalue weighted by Crippen LogP contribution is 2.23. The molecule has 0 aliphatic heterocycles. The number of rotatable bonds is 6. The lowest BCUT2D eigenvalue weighted by Gasteiger charge is -2.15. The molecule has 1 aromatic rings. The summed E-state index contributed by atoms with van der Waals surface area (Å²) >= 11 is 0. The molecule has 0 spiro atoms. The van der Waals surface area contributed by atoms with Gasteiger partial charge in [-0.2, -0.15) is 0 Å². The summed E-state index contributed by atoms with van der Waals surface area (Å²) in [5.74, 6) is -2.72. The van der Waals surface area contributed by atoms with Crippen molar-refractivity contribution < 1.29 is 23.8 Å². The number of ether oxygens (including phenoxy) is 1. The van der Waals surface area contributed by atoms with Crippen LogP contribution in [0.25, 0.3) is 0 Å². The standard InChI is InChI=1S/C13H15FO4/c1-2-18-13(17)11(6-7-12(15)16)9-4-3-5-10(14)8-9/h3-5,8,11H,2,6-7H2,1H3,(H,15,16). The first-order chi connectivity index (χ1) is 8.54. The summed E-state index contributed by atoms with van der Waals surface area (Å²) in [5, 5.41) is 8.65. The summed E-state index contributed by atoms with van der Waals surface area (Å²) in [6.45, 7) is 1.87. The van der Waals surface area contributed by atoms with Crippen LogP contribution in [-0.2, 0) is 14.3 Å². The lowest BCUT2D eigenvalue weighted by molar-refractivity contribution is -0.145. The molecule has 1 rings (SSSR count). The zero-order chi connectivity index (χ0) is 13.5. The molecule has 1 aromatic carbocycles. The Balaban J connectivity index is 2.88. The van der Waals surface area contributed by atoms with Gasteiger partial charge in [-0.1, -0.05) is 12.1 Å². The van der Waals surface area contributed by atoms with E-state index in [-0.39, 0.29) is 19.4 Å². The fraction of sp³-hybridized carbons (Fsp3) is 0.385. The molecular formula is C13H15FO4. The smallest absolute Gasteiger partial charge is 0.313 e. The Hall–Kier alpha value is -1.91. The maximum atomic E-state index is 13.1. The predicted molar refractivity (Wildman–Crippen MR) is 62.6 cm³/mol. The van der Waals surface area contributed by atoms with Crippen LogP contribution in [0.3, 0.4) is 0 Å². The SMILES string of the molecule is CCOC(=O)C(CCC(=O)O)c1cccc(F)c1. The second-order valence-corrected chi connectivity index (χ2v) is 3.79. The van der Waals surface area contributed by atoms with Crippen LogP contribution in [-0.4, -0.2) is 23.7 Å². The number of hydrogen-bond donors (Lipinski definition) is 1. The van der Waals surface area contributed by atoms with Gasteiger partial charge in [0.25, 0.3) is 0 Å². The van der Waals surface area contributed by atoms with E-state index in [1.54, 1.807) is 13.0 Å². The summed E-state index contributed by atoms with van der Waals surface area (Å²) in [7, 11) is 0. The minimum atomic E-state index is -0.999. The van der Waals surface area contributed by atoms with Gasteiger partial charge in [-0.15, -0.1) is 0 Å². The van der Waals surface area contributed by atoms with E-state index in [1.165, 1.54) is 18.2 Å². The minimum Gasteiger partial charge on any atom is -0.481 e. The van der Waals surface area contributed by atoms with Crippen molar-refractivity contribution in [1.82, 2.24) is 0 Å². The quantitative estimate of drug-likeness (QED) is 0.791. The fourth-order valence-electron chi connectivity index (χ4n) is 1.65. The Morgan fingerprint density at radius 3 is 2.72 bits per heavy atom. The van der Waals surface area contributed by atoms with E-state index >= 15 is 0 Å². The summed E-state index contributed by atoms with van der Waals surface area (Å²) in [4.78, 5) is 22.3. The molecule has 0 heterocycles. The van der Waals surface area contributed by atoms with Gasteiger partial charge in [-0.3, -0.25) is 9.59 Å². The number of esters is 1. The number of carboxylic acids is 1. The zero-order valence-electron chi connectivity index (χ0n) is 10.1. The van der Waals surface area contributed by atoms with E-state index in [2.05, 4.69) is 0 Å². The first-order valence-electron chi connectivity index (χ1n) is 5.68. The summed E-state index contributed by atoms with van der Waals surface area (Å²) in [6.07, 6.45) is -0.0718. The van der Waals surface area contributed by atoms with Crippen LogP contribution in [0, 0.1) is 5.82 Å². The molecule has 0 aliphatic carbocycles. The van der Waals surface area contributed by atoms with Gasteiger partial charge < -0.3 is 9.84 Å². The average molecular weight is 254 g/mol. The molecule has 18 heavy (non-hydrogen) atoms. The second-order valence-electron chi connectivity index (χ2n) is 3.79. The van der Waals surface area contributed by atoms with Crippen molar-refractivity contribution in [2.75, 3.05) is 6.61 Å². The van der Waals surface area contributed by atoms with E-state index < -0.39 is 23.7 Å². The van der Waals surface area contributed by atoms with E-state index in [1.807, 2.05) is 0 Å². The van der Waals surface area contributed by atoms with Gasteiger partial charge in [0.15, 0.2) is 0 Å². The van der Waals surface area contributed by atoms with Crippen LogP contribution in [0.1, 0.15) is 31.2 Å². The Labute approximate surface area is 104 Å². The molecule has 1 unspecified atom stereocenters. The molecule has 0 amide bonds. The number of carbonyl (C=O) groups excluding carboxylic acids is 1. The molecule has 0 aliphatic rings. The topological polar surface area (TPSA) is 63.6 Å². The van der Waals surface area contributed by atoms with E-state index in [9.17, 15) is 14.0 Å². The highest BCUT2D eigenvalue weighted by molar-refractivity contribution is 5.79. The van der Waals surface area contributed by atoms with E-state index in [0.717, 1.165) is 0 Å². The van der Waals surface area contributed by atoms with Crippen LogP contribution in [0.2, 0.25) is 0 Å². The summed E-state index contributed by atoms with van der Waals surface area (Å²) in [6, 6.07) is 5.57. The van der Waals surface area contributed by atoms with Crippen molar-refractivity contribution >= 4 is 11.9 Å². The van der Waals surface area contributed by atoms with Crippen LogP contribution in [0.15, 0.2) is 24.3 Å². The van der Waals surface area contributed by atoms with Crippen molar-refractivity contribution in [1.29, 1.82) is 0 Å². The number of halogens is 1. The lowest BCUT2D eigenvalue weighted by Crippen LogP contribution is -2.17. The molecule has 4 nitrogen and oxygen atoms in total. The van der Waals surface area contributed by atoms with Crippen molar-refractivity contribution in [2.24, 2.45) is 0 Å². The Bertz CT molecular complexity index is 431. The maximum Gasteiger partial charge on any atom is 0.313 e. The Kier molecular flexibility index (Phi) is 5.30. The van der Waals surface area contributed by atoms with Crippen molar-refractivity contribution in [3.05, 3.63) is 35.6 Å². The molecule has 0 saturated heterocycles. The molecule has 0 radical (unpaired) electrons. The average Bonchev–Trinajstić information content (AvgIpc) is 2.29. The van der Waals surface area contributed by atoms with E-state index in [4.69, 9.17) is 9.84 Å². The monoisotopic (exact) mass is 254 g/mol. The number of aliphatic carboxylic acids is 1. The number of carboxylic acid groups (broad SMARTS) is 1. The van der Waals surface area contributed by atoms with Gasteiger partial charge in [0.2, 0.25) is 0 Å². The molecule has 0 aromatic heterocycles. The predicted octanol–water partition coefficient (Wildman–Crippen LogP) is 2.34. The van der Waals surface area contributed by atoms with E-state index in [0.29, 0.717) is 5.56 Å². The van der Waals surface area contributed by atoms with Crippen LogP contribution in [0.5, 0.6) is 0 Å². The highest BCUT2D eigenvalue weighted by Gasteiger charge is 2.23. The first-order valence-corrected chi connectivity index (χ1v) is 5.68. The number of hydrogen-bond acceptors (Lipinski definition) is 3. The third-order valence-corrected chi connectivity index (χ3v) is 2.47. The zero-order valence-corrected chi connectivity index (χ0v) is 10.1. The second kappa shape index (κ2) is 6.74. The van der Waals surface area contributed by atoms with Crippen molar-refractivity contribution in [3.8, 4) is 0 Å². The maximum absolute atomic E-state index is 13.1. The van der Waals surface area contributed by atoms with Crippen molar-refractivity contribution in [3.63, 3.8) is 0 Å². The molecule has 0 saturated carbocycles. The molecule has 5 heteroatoms. The van der Waals surface area contributed by atoms with Gasteiger partial charge in [-0.25, -0.2) is 4.39 Å². The Morgan fingerprint density at radius 2 is 2.17 bits per heavy atom. The Morgan fingerprint density at radius 1 is 1.44 bits per heavy atom. The third kappa shape index (κ3) is 4.16. The highest BCUT2D eigenvalue weighted by atomic mass is 19.1. The van der Waals surface area contributed by atoms with Gasteiger partial charge in [0.05, 0.1) is 12.5 Å². The molecule has 0 fully saturated rings. The fourth-order valence-corrected chi connectivity index (χ4v) is 1.65. The number of carbonyl (C=O) groups is 2. The molecule has 98 valence electrons. The van der Waals surface area contributed by atoms with Crippen molar-refractivity contribution in [2.45, 2.75) is 25.7 Å². The van der Waals surface area contributed by atoms with Gasteiger partial charge in [0.1, 0.15) is 5.82 Å². The molecular weight excluding hydrogens is 239 g/mol. The number of benzene rings is 1. The summed E-state index contributed by atoms with van der Waals surface area (Å²) in [5.41, 5.74) is 0.440. The normalized spacial score (nSPS) is 11.9. The molecule has 1 atom stereocenters. The van der Waals surface area contributed by atoms with Crippen LogP contribution >= 0.6 is 0 Å². The first kappa shape index (κ1) is 14.2.